The molecular weight excluding hydrogens is 310 g/mol. The van der Waals surface area contributed by atoms with Crippen LogP contribution >= 0.6 is 0 Å². The van der Waals surface area contributed by atoms with Gasteiger partial charge in [0.2, 0.25) is 5.91 Å². The first-order chi connectivity index (χ1) is 11.5. The molecular formula is C18H25NO5. The maximum absolute atomic E-state index is 12.4. The number of nitrogens with one attached hydrogen (secondary N) is 1. The quantitative estimate of drug-likeness (QED) is 0.761. The van der Waals surface area contributed by atoms with Gasteiger partial charge in [0, 0.05) is 19.1 Å². The SMILES string of the molecule is CC(CCOc1ccccc1)C(=O)NC1(CC(=O)O)CCOCC1. The summed E-state index contributed by atoms with van der Waals surface area (Å²) >= 11 is 0. The first kappa shape index (κ1) is 18.3. The van der Waals surface area contributed by atoms with Crippen LogP contribution in [0.25, 0.3) is 0 Å². The van der Waals surface area contributed by atoms with Gasteiger partial charge in [-0.25, -0.2) is 0 Å². The minimum atomic E-state index is -0.905. The molecule has 0 saturated carbocycles. The van der Waals surface area contributed by atoms with Gasteiger partial charge in [-0.2, -0.15) is 0 Å². The number of carbonyl (C=O) groups excluding carboxylic acids is 1. The molecule has 1 heterocycles. The fourth-order valence-corrected chi connectivity index (χ4v) is 2.78. The lowest BCUT2D eigenvalue weighted by Gasteiger charge is -2.37. The van der Waals surface area contributed by atoms with Crippen molar-refractivity contribution in [1.82, 2.24) is 5.32 Å². The third-order valence-electron chi connectivity index (χ3n) is 4.34. The highest BCUT2D eigenvalue weighted by molar-refractivity contribution is 5.80. The van der Waals surface area contributed by atoms with Gasteiger partial charge in [-0.05, 0) is 31.4 Å². The zero-order valence-electron chi connectivity index (χ0n) is 14.0. The summed E-state index contributed by atoms with van der Waals surface area (Å²) in [6.07, 6.45) is 1.55. The lowest BCUT2D eigenvalue weighted by Crippen LogP contribution is -2.54. The Balaban J connectivity index is 1.83. The topological polar surface area (TPSA) is 84.9 Å². The molecule has 6 nitrogen and oxygen atoms in total. The second-order valence-electron chi connectivity index (χ2n) is 6.30. The number of carboxylic acids is 1. The Bertz CT molecular complexity index is 540. The molecule has 1 amide bonds. The van der Waals surface area contributed by atoms with Crippen molar-refractivity contribution in [2.45, 2.75) is 38.1 Å². The number of carboxylic acid groups (broad SMARTS) is 1. The number of carbonyl (C=O) groups is 2. The zero-order chi connectivity index (χ0) is 17.4. The molecule has 1 saturated heterocycles. The van der Waals surface area contributed by atoms with Crippen molar-refractivity contribution in [1.29, 1.82) is 0 Å². The third-order valence-corrected chi connectivity index (χ3v) is 4.34. The van der Waals surface area contributed by atoms with E-state index in [1.54, 1.807) is 0 Å². The van der Waals surface area contributed by atoms with E-state index in [0.717, 1.165) is 5.75 Å². The summed E-state index contributed by atoms with van der Waals surface area (Å²) in [5.41, 5.74) is -0.699. The molecule has 24 heavy (non-hydrogen) atoms. The van der Waals surface area contributed by atoms with Crippen LogP contribution in [0.5, 0.6) is 5.75 Å². The number of amides is 1. The van der Waals surface area contributed by atoms with Gasteiger partial charge in [0.25, 0.3) is 0 Å². The average Bonchev–Trinajstić information content (AvgIpc) is 2.55. The van der Waals surface area contributed by atoms with Gasteiger partial charge in [-0.1, -0.05) is 25.1 Å². The van der Waals surface area contributed by atoms with Crippen LogP contribution in [-0.2, 0) is 14.3 Å². The Morgan fingerprint density at radius 1 is 1.29 bits per heavy atom. The number of hydrogen-bond donors (Lipinski definition) is 2. The summed E-state index contributed by atoms with van der Waals surface area (Å²) in [4.78, 5) is 23.6. The third kappa shape index (κ3) is 5.53. The van der Waals surface area contributed by atoms with Gasteiger partial charge in [0.05, 0.1) is 18.6 Å². The molecule has 0 aliphatic carbocycles. The van der Waals surface area contributed by atoms with Gasteiger partial charge in [-0.15, -0.1) is 0 Å². The van der Waals surface area contributed by atoms with E-state index >= 15 is 0 Å². The second-order valence-corrected chi connectivity index (χ2v) is 6.30. The highest BCUT2D eigenvalue weighted by Gasteiger charge is 2.37. The van der Waals surface area contributed by atoms with Crippen molar-refractivity contribution in [3.63, 3.8) is 0 Å². The molecule has 132 valence electrons. The van der Waals surface area contributed by atoms with Crippen LogP contribution < -0.4 is 10.1 Å². The summed E-state index contributed by atoms with van der Waals surface area (Å²) in [5, 5.41) is 12.1. The van der Waals surface area contributed by atoms with Crippen molar-refractivity contribution in [3.05, 3.63) is 30.3 Å². The Kier molecular flexibility index (Phi) is 6.61. The van der Waals surface area contributed by atoms with E-state index < -0.39 is 11.5 Å². The van der Waals surface area contributed by atoms with Crippen LogP contribution in [-0.4, -0.2) is 42.3 Å². The molecule has 1 aliphatic rings. The number of rotatable bonds is 8. The molecule has 1 aromatic rings. The van der Waals surface area contributed by atoms with Gasteiger partial charge in [0.1, 0.15) is 5.75 Å². The summed E-state index contributed by atoms with van der Waals surface area (Å²) < 4.78 is 10.9. The van der Waals surface area contributed by atoms with Gasteiger partial charge in [-0.3, -0.25) is 9.59 Å². The van der Waals surface area contributed by atoms with E-state index in [-0.39, 0.29) is 18.2 Å². The van der Waals surface area contributed by atoms with E-state index in [0.29, 0.717) is 39.1 Å². The molecule has 1 atom stereocenters. The molecule has 1 fully saturated rings. The first-order valence-electron chi connectivity index (χ1n) is 8.30. The standard InChI is InChI=1S/C18H25NO5/c1-14(7-10-24-15-5-3-2-4-6-15)17(22)19-18(13-16(20)21)8-11-23-12-9-18/h2-6,14H,7-13H2,1H3,(H,19,22)(H,20,21). The molecule has 0 radical (unpaired) electrons. The minimum Gasteiger partial charge on any atom is -0.494 e. The monoisotopic (exact) mass is 335 g/mol. The Hall–Kier alpha value is -2.08. The smallest absolute Gasteiger partial charge is 0.305 e. The van der Waals surface area contributed by atoms with E-state index in [1.807, 2.05) is 37.3 Å². The lowest BCUT2D eigenvalue weighted by molar-refractivity contribution is -0.141. The first-order valence-corrected chi connectivity index (χ1v) is 8.30. The molecule has 1 aliphatic heterocycles. The van der Waals surface area contributed by atoms with E-state index in [2.05, 4.69) is 5.32 Å². The molecule has 2 N–H and O–H groups in total. The Morgan fingerprint density at radius 3 is 2.58 bits per heavy atom. The molecule has 1 aromatic carbocycles. The largest absolute Gasteiger partial charge is 0.494 e. The Labute approximate surface area is 142 Å². The molecule has 0 aromatic heterocycles. The zero-order valence-corrected chi connectivity index (χ0v) is 14.0. The predicted molar refractivity (Wildman–Crippen MR) is 88.9 cm³/mol. The van der Waals surface area contributed by atoms with Crippen molar-refractivity contribution < 1.29 is 24.2 Å². The molecule has 2 rings (SSSR count). The van der Waals surface area contributed by atoms with Crippen LogP contribution in [0.1, 0.15) is 32.6 Å². The maximum atomic E-state index is 12.4. The van der Waals surface area contributed by atoms with Crippen molar-refractivity contribution in [3.8, 4) is 5.75 Å². The number of benzene rings is 1. The van der Waals surface area contributed by atoms with Gasteiger partial charge < -0.3 is 19.9 Å². The van der Waals surface area contributed by atoms with Crippen LogP contribution in [0.4, 0.5) is 0 Å². The highest BCUT2D eigenvalue weighted by Crippen LogP contribution is 2.25. The highest BCUT2D eigenvalue weighted by atomic mass is 16.5. The van der Waals surface area contributed by atoms with Crippen LogP contribution in [0.3, 0.4) is 0 Å². The van der Waals surface area contributed by atoms with E-state index in [1.165, 1.54) is 0 Å². The summed E-state index contributed by atoms with van der Waals surface area (Å²) in [6.45, 7) is 3.21. The fraction of sp³-hybridized carbons (Fsp3) is 0.556. The van der Waals surface area contributed by atoms with Crippen molar-refractivity contribution >= 4 is 11.9 Å². The van der Waals surface area contributed by atoms with Gasteiger partial charge in [0.15, 0.2) is 0 Å². The number of hydrogen-bond acceptors (Lipinski definition) is 4. The minimum absolute atomic E-state index is 0.0741. The number of ether oxygens (including phenoxy) is 2. The Morgan fingerprint density at radius 2 is 1.96 bits per heavy atom. The molecule has 6 heteroatoms. The number of aliphatic carboxylic acids is 1. The van der Waals surface area contributed by atoms with E-state index in [9.17, 15) is 9.59 Å². The number of para-hydroxylation sites is 1. The van der Waals surface area contributed by atoms with Crippen LogP contribution in [0, 0.1) is 5.92 Å². The summed E-state index contributed by atoms with van der Waals surface area (Å²) in [7, 11) is 0. The van der Waals surface area contributed by atoms with Crippen LogP contribution in [0.2, 0.25) is 0 Å². The van der Waals surface area contributed by atoms with Crippen molar-refractivity contribution in [2.75, 3.05) is 19.8 Å². The predicted octanol–water partition coefficient (Wildman–Crippen LogP) is 2.23. The lowest BCUT2D eigenvalue weighted by atomic mass is 9.86. The van der Waals surface area contributed by atoms with Gasteiger partial charge >= 0.3 is 5.97 Å². The normalized spacial score (nSPS) is 17.7. The fourth-order valence-electron chi connectivity index (χ4n) is 2.78. The van der Waals surface area contributed by atoms with E-state index in [4.69, 9.17) is 14.6 Å². The average molecular weight is 335 g/mol. The molecule has 0 spiro atoms. The van der Waals surface area contributed by atoms with Crippen molar-refractivity contribution in [2.24, 2.45) is 5.92 Å². The summed E-state index contributed by atoms with van der Waals surface area (Å²) in [6, 6.07) is 9.44. The van der Waals surface area contributed by atoms with Crippen LogP contribution in [0.15, 0.2) is 30.3 Å². The second kappa shape index (κ2) is 8.68. The summed E-state index contributed by atoms with van der Waals surface area (Å²) in [5.74, 6) is -0.508. The molecule has 0 bridgehead atoms. The maximum Gasteiger partial charge on any atom is 0.305 e. The molecule has 1 unspecified atom stereocenters.